The normalized spacial score (nSPS) is 32.2. The minimum atomic E-state index is -0.620. The van der Waals surface area contributed by atoms with Crippen molar-refractivity contribution >= 4 is 10.0 Å². The van der Waals surface area contributed by atoms with Crippen LogP contribution in [0.1, 0.15) is 51.7 Å². The molecule has 1 nitrogen and oxygen atoms in total. The molecule has 1 aromatic rings. The number of rotatable bonds is 6. The fourth-order valence-corrected chi connectivity index (χ4v) is 9.36. The van der Waals surface area contributed by atoms with Crippen LogP contribution < -0.4 is 0 Å². The summed E-state index contributed by atoms with van der Waals surface area (Å²) >= 11 is 0. The fraction of sp³-hybridized carbons (Fsp3) is 0.714. The molecule has 0 bridgehead atoms. The predicted molar refractivity (Wildman–Crippen MR) is 108 cm³/mol. The van der Waals surface area contributed by atoms with Crippen molar-refractivity contribution in [2.24, 2.45) is 5.92 Å². The lowest BCUT2D eigenvalue weighted by molar-refractivity contribution is 0.281. The van der Waals surface area contributed by atoms with Gasteiger partial charge in [0, 0.05) is 4.87 Å². The van der Waals surface area contributed by atoms with Gasteiger partial charge in [0.05, 0.1) is 0 Å². The van der Waals surface area contributed by atoms with Crippen LogP contribution in [0.4, 0.5) is 0 Å². The summed E-state index contributed by atoms with van der Waals surface area (Å²) in [6.45, 7) is 12.1. The minimum Gasteiger partial charge on any atom is -0.297 e. The van der Waals surface area contributed by atoms with Crippen molar-refractivity contribution < 1.29 is 0 Å². The number of hydrogen-bond donors (Lipinski definition) is 0. The molecule has 1 saturated heterocycles. The molecule has 1 fully saturated rings. The molecule has 2 rings (SSSR count). The Bertz CT molecular complexity index is 519. The van der Waals surface area contributed by atoms with E-state index in [0.717, 1.165) is 16.4 Å². The van der Waals surface area contributed by atoms with Gasteiger partial charge in [0.2, 0.25) is 0 Å². The molecule has 0 saturated carbocycles. The van der Waals surface area contributed by atoms with E-state index in [1.54, 1.807) is 0 Å². The monoisotopic (exact) mass is 335 g/mol. The highest BCUT2D eigenvalue weighted by Crippen LogP contribution is 2.74. The molecule has 0 N–H and O–H groups in total. The number of hydrogen-bond acceptors (Lipinski definition) is 1. The summed E-state index contributed by atoms with van der Waals surface area (Å²) in [5, 5.41) is 1.81. The molecule has 0 amide bonds. The van der Waals surface area contributed by atoms with Crippen LogP contribution >= 0.6 is 10.0 Å². The molecule has 1 heterocycles. The molecule has 1 aliphatic heterocycles. The summed E-state index contributed by atoms with van der Waals surface area (Å²) in [4.78, 5) is 2.80. The molecular weight excluding hydrogens is 298 g/mol. The summed E-state index contributed by atoms with van der Waals surface area (Å²) < 4.78 is 0. The lowest BCUT2D eigenvalue weighted by Crippen LogP contribution is -2.57. The third kappa shape index (κ3) is 3.35. The first-order valence-electron chi connectivity index (χ1n) is 9.09. The van der Waals surface area contributed by atoms with Crippen molar-refractivity contribution in [3.8, 4) is 0 Å². The molecule has 0 aliphatic carbocycles. The quantitative estimate of drug-likeness (QED) is 0.667. The average molecular weight is 336 g/mol. The average Bonchev–Trinajstić information content (AvgIpc) is 2.50. The first-order chi connectivity index (χ1) is 10.6. The van der Waals surface area contributed by atoms with Crippen LogP contribution in [0.15, 0.2) is 24.3 Å². The van der Waals surface area contributed by atoms with Gasteiger partial charge in [-0.15, -0.1) is 0 Å². The molecule has 0 aromatic heterocycles. The third-order valence-electron chi connectivity index (χ3n) is 6.83. The van der Waals surface area contributed by atoms with Gasteiger partial charge in [0.15, 0.2) is 0 Å². The molecule has 3 unspecified atom stereocenters. The molecule has 0 radical (unpaired) electrons. The minimum absolute atomic E-state index is 0.327. The van der Waals surface area contributed by atoms with Gasteiger partial charge in [0.1, 0.15) is 0 Å². The van der Waals surface area contributed by atoms with Crippen LogP contribution in [-0.2, 0) is 6.42 Å². The highest BCUT2D eigenvalue weighted by Gasteiger charge is 2.55. The SMILES string of the molecule is Cc1ccc(CC[C@@H](C)C2CC(C)S2(C)C(C)(C)N(C)C)cc1. The van der Waals surface area contributed by atoms with E-state index < -0.39 is 10.0 Å². The zero-order chi connectivity index (χ0) is 17.4. The first-order valence-corrected chi connectivity index (χ1v) is 11.3. The predicted octanol–water partition coefficient (Wildman–Crippen LogP) is 5.46. The largest absolute Gasteiger partial charge is 0.297 e. The first kappa shape index (κ1) is 18.9. The van der Waals surface area contributed by atoms with Gasteiger partial charge in [-0.2, -0.15) is 0 Å². The van der Waals surface area contributed by atoms with Crippen LogP contribution in [-0.4, -0.2) is 40.6 Å². The van der Waals surface area contributed by atoms with Gasteiger partial charge in [-0.05, 0) is 82.4 Å². The lowest BCUT2D eigenvalue weighted by Gasteiger charge is -2.69. The van der Waals surface area contributed by atoms with E-state index in [-0.39, 0.29) is 0 Å². The number of aryl methyl sites for hydroxylation is 2. The van der Waals surface area contributed by atoms with E-state index in [1.165, 1.54) is 30.4 Å². The second-order valence-electron chi connectivity index (χ2n) is 8.47. The summed E-state index contributed by atoms with van der Waals surface area (Å²) in [7, 11) is 3.90. The van der Waals surface area contributed by atoms with E-state index in [9.17, 15) is 0 Å². The molecule has 23 heavy (non-hydrogen) atoms. The Balaban J connectivity index is 2.04. The second kappa shape index (κ2) is 6.80. The van der Waals surface area contributed by atoms with E-state index >= 15 is 0 Å². The van der Waals surface area contributed by atoms with E-state index in [2.05, 4.69) is 84.1 Å². The van der Waals surface area contributed by atoms with Gasteiger partial charge in [-0.3, -0.25) is 4.90 Å². The van der Waals surface area contributed by atoms with Gasteiger partial charge in [-0.1, -0.05) is 43.7 Å². The highest BCUT2D eigenvalue weighted by atomic mass is 32.3. The Labute approximate surface area is 146 Å². The number of benzene rings is 1. The van der Waals surface area contributed by atoms with E-state index in [4.69, 9.17) is 0 Å². The lowest BCUT2D eigenvalue weighted by atomic mass is 9.94. The Morgan fingerprint density at radius 3 is 2.26 bits per heavy atom. The third-order valence-corrected chi connectivity index (χ3v) is 13.1. The van der Waals surface area contributed by atoms with Gasteiger partial charge in [-0.25, -0.2) is 10.0 Å². The second-order valence-corrected chi connectivity index (χ2v) is 13.0. The molecule has 1 aliphatic rings. The zero-order valence-corrected chi connectivity index (χ0v) is 17.3. The smallest absolute Gasteiger partial charge is 0.0456 e. The molecule has 1 aromatic carbocycles. The highest BCUT2D eigenvalue weighted by molar-refractivity contribution is 8.36. The Kier molecular flexibility index (Phi) is 5.58. The summed E-state index contributed by atoms with van der Waals surface area (Å²) in [5.74, 6) is 0.826. The van der Waals surface area contributed by atoms with Crippen LogP contribution in [0.2, 0.25) is 0 Å². The standard InChI is InChI=1S/C21H37NS/c1-16-9-12-19(13-10-16)14-11-17(2)20-15-18(3)23(20,8)21(4,5)22(6)7/h9-10,12-13,17-18,20H,11,14-15H2,1-8H3/t17-,18?,20?/m1/s1. The maximum atomic E-state index is 2.62. The maximum Gasteiger partial charge on any atom is 0.0456 e. The van der Waals surface area contributed by atoms with Crippen molar-refractivity contribution in [1.29, 1.82) is 0 Å². The summed E-state index contributed by atoms with van der Waals surface area (Å²) in [6.07, 6.45) is 6.60. The summed E-state index contributed by atoms with van der Waals surface area (Å²) in [5.41, 5.74) is 2.86. The van der Waals surface area contributed by atoms with Gasteiger partial charge < -0.3 is 0 Å². The molecule has 2 heteroatoms. The topological polar surface area (TPSA) is 3.24 Å². The van der Waals surface area contributed by atoms with E-state index in [0.29, 0.717) is 4.87 Å². The fourth-order valence-electron chi connectivity index (χ4n) is 4.21. The van der Waals surface area contributed by atoms with Gasteiger partial charge >= 0.3 is 0 Å². The van der Waals surface area contributed by atoms with Crippen molar-refractivity contribution in [3.63, 3.8) is 0 Å². The molecule has 0 spiro atoms. The van der Waals surface area contributed by atoms with Crippen LogP contribution in [0.25, 0.3) is 0 Å². The van der Waals surface area contributed by atoms with Crippen LogP contribution in [0.3, 0.4) is 0 Å². The Hall–Kier alpha value is -0.470. The van der Waals surface area contributed by atoms with Crippen molar-refractivity contribution in [1.82, 2.24) is 4.90 Å². The van der Waals surface area contributed by atoms with Crippen molar-refractivity contribution in [2.75, 3.05) is 20.4 Å². The Morgan fingerprint density at radius 1 is 1.22 bits per heavy atom. The van der Waals surface area contributed by atoms with Gasteiger partial charge in [0.25, 0.3) is 0 Å². The summed E-state index contributed by atoms with van der Waals surface area (Å²) in [6, 6.07) is 9.11. The zero-order valence-electron chi connectivity index (χ0n) is 16.5. The van der Waals surface area contributed by atoms with Crippen molar-refractivity contribution in [2.45, 2.75) is 69.3 Å². The number of nitrogens with zero attached hydrogens (tertiary/aromatic N) is 1. The van der Waals surface area contributed by atoms with Crippen LogP contribution in [0.5, 0.6) is 0 Å². The molecular formula is C21H37NS. The van der Waals surface area contributed by atoms with Crippen LogP contribution in [0, 0.1) is 12.8 Å². The Morgan fingerprint density at radius 2 is 1.78 bits per heavy atom. The van der Waals surface area contributed by atoms with E-state index in [1.807, 2.05) is 0 Å². The maximum absolute atomic E-state index is 2.62. The van der Waals surface area contributed by atoms with Crippen molar-refractivity contribution in [3.05, 3.63) is 35.4 Å². The molecule has 132 valence electrons. The molecule has 4 atom stereocenters.